The van der Waals surface area contributed by atoms with Gasteiger partial charge in [-0.3, -0.25) is 9.36 Å². The highest BCUT2D eigenvalue weighted by Gasteiger charge is 2.09. The SMILES string of the molecule is CC(N)Cn1cnc2cccc(F)c2c1=O. The summed E-state index contributed by atoms with van der Waals surface area (Å²) in [5.74, 6) is -0.547. The molecule has 1 heterocycles. The van der Waals surface area contributed by atoms with E-state index in [1.807, 2.05) is 0 Å². The third-order valence-corrected chi connectivity index (χ3v) is 2.29. The van der Waals surface area contributed by atoms with Gasteiger partial charge < -0.3 is 5.73 Å². The second-order valence-electron chi connectivity index (χ2n) is 3.81. The van der Waals surface area contributed by atoms with E-state index in [0.29, 0.717) is 12.1 Å². The Bertz CT molecular complexity index is 577. The van der Waals surface area contributed by atoms with Gasteiger partial charge in [-0.1, -0.05) is 6.07 Å². The summed E-state index contributed by atoms with van der Waals surface area (Å²) in [5.41, 5.74) is 5.57. The molecule has 0 spiro atoms. The van der Waals surface area contributed by atoms with Gasteiger partial charge in [-0.2, -0.15) is 0 Å². The van der Waals surface area contributed by atoms with Crippen LogP contribution in [0.2, 0.25) is 0 Å². The molecule has 0 aliphatic heterocycles. The van der Waals surface area contributed by atoms with Crippen LogP contribution in [-0.2, 0) is 6.54 Å². The van der Waals surface area contributed by atoms with Gasteiger partial charge in [0.2, 0.25) is 0 Å². The number of nitrogens with two attached hydrogens (primary N) is 1. The highest BCUT2D eigenvalue weighted by molar-refractivity contribution is 5.77. The number of rotatable bonds is 2. The summed E-state index contributed by atoms with van der Waals surface area (Å²) in [7, 11) is 0. The first kappa shape index (κ1) is 10.8. The molecule has 0 amide bonds. The van der Waals surface area contributed by atoms with Crippen molar-refractivity contribution in [2.75, 3.05) is 0 Å². The van der Waals surface area contributed by atoms with E-state index in [1.54, 1.807) is 13.0 Å². The van der Waals surface area contributed by atoms with Crippen LogP contribution in [-0.4, -0.2) is 15.6 Å². The van der Waals surface area contributed by atoms with Crippen molar-refractivity contribution in [3.05, 3.63) is 40.7 Å². The van der Waals surface area contributed by atoms with Crippen molar-refractivity contribution in [2.45, 2.75) is 19.5 Å². The van der Waals surface area contributed by atoms with Gasteiger partial charge in [-0.05, 0) is 19.1 Å². The minimum Gasteiger partial charge on any atom is -0.326 e. The number of fused-ring (bicyclic) bond motifs is 1. The van der Waals surface area contributed by atoms with Crippen LogP contribution in [0.4, 0.5) is 4.39 Å². The molecular formula is C11H12FN3O. The Balaban J connectivity index is 2.69. The molecule has 1 unspecified atom stereocenters. The molecule has 1 aromatic carbocycles. The zero-order valence-electron chi connectivity index (χ0n) is 8.85. The Labute approximate surface area is 91.5 Å². The Morgan fingerprint density at radius 3 is 3.00 bits per heavy atom. The van der Waals surface area contributed by atoms with Gasteiger partial charge in [-0.25, -0.2) is 9.37 Å². The highest BCUT2D eigenvalue weighted by atomic mass is 19.1. The van der Waals surface area contributed by atoms with Gasteiger partial charge in [0.25, 0.3) is 5.56 Å². The Hall–Kier alpha value is -1.75. The van der Waals surface area contributed by atoms with E-state index in [9.17, 15) is 9.18 Å². The maximum absolute atomic E-state index is 13.5. The number of halogens is 1. The van der Waals surface area contributed by atoms with Gasteiger partial charge in [0, 0.05) is 12.6 Å². The summed E-state index contributed by atoms with van der Waals surface area (Å²) in [6.45, 7) is 2.11. The van der Waals surface area contributed by atoms with Crippen molar-refractivity contribution in [3.8, 4) is 0 Å². The molecule has 2 rings (SSSR count). The quantitative estimate of drug-likeness (QED) is 0.819. The molecule has 1 aromatic heterocycles. The second-order valence-corrected chi connectivity index (χ2v) is 3.81. The zero-order valence-corrected chi connectivity index (χ0v) is 8.85. The van der Waals surface area contributed by atoms with Gasteiger partial charge in [0.05, 0.1) is 11.8 Å². The van der Waals surface area contributed by atoms with E-state index in [4.69, 9.17) is 5.73 Å². The lowest BCUT2D eigenvalue weighted by Crippen LogP contribution is -2.30. The van der Waals surface area contributed by atoms with E-state index in [-0.39, 0.29) is 17.0 Å². The Morgan fingerprint density at radius 1 is 1.56 bits per heavy atom. The van der Waals surface area contributed by atoms with Gasteiger partial charge in [0.15, 0.2) is 0 Å². The highest BCUT2D eigenvalue weighted by Crippen LogP contribution is 2.10. The minimum atomic E-state index is -0.547. The minimum absolute atomic E-state index is 0.0191. The van der Waals surface area contributed by atoms with Crippen LogP contribution < -0.4 is 11.3 Å². The molecule has 2 N–H and O–H groups in total. The molecule has 0 saturated carbocycles. The van der Waals surface area contributed by atoms with E-state index in [0.717, 1.165) is 0 Å². The van der Waals surface area contributed by atoms with Crippen molar-refractivity contribution < 1.29 is 4.39 Å². The number of hydrogen-bond donors (Lipinski definition) is 1. The molecule has 5 heteroatoms. The van der Waals surface area contributed by atoms with E-state index in [1.165, 1.54) is 23.0 Å². The van der Waals surface area contributed by atoms with Gasteiger partial charge in [-0.15, -0.1) is 0 Å². The van der Waals surface area contributed by atoms with E-state index >= 15 is 0 Å². The van der Waals surface area contributed by atoms with Crippen LogP contribution in [0.25, 0.3) is 10.9 Å². The van der Waals surface area contributed by atoms with E-state index < -0.39 is 5.82 Å². The lowest BCUT2D eigenvalue weighted by Gasteiger charge is -2.09. The molecule has 0 aliphatic rings. The summed E-state index contributed by atoms with van der Waals surface area (Å²) < 4.78 is 14.8. The summed E-state index contributed by atoms with van der Waals surface area (Å²) in [5, 5.41) is 0.0191. The molecular weight excluding hydrogens is 209 g/mol. The first-order valence-electron chi connectivity index (χ1n) is 4.99. The van der Waals surface area contributed by atoms with E-state index in [2.05, 4.69) is 4.98 Å². The molecule has 2 aromatic rings. The Morgan fingerprint density at radius 2 is 2.31 bits per heavy atom. The summed E-state index contributed by atoms with van der Waals surface area (Å²) >= 11 is 0. The predicted octanol–water partition coefficient (Wildman–Crippen LogP) is 0.883. The average Bonchev–Trinajstić information content (AvgIpc) is 2.22. The first-order chi connectivity index (χ1) is 7.59. The maximum atomic E-state index is 13.5. The molecule has 1 atom stereocenters. The second kappa shape index (κ2) is 4.02. The molecule has 4 nitrogen and oxygen atoms in total. The standard InChI is InChI=1S/C11H12FN3O/c1-7(13)5-15-6-14-9-4-2-3-8(12)10(9)11(15)16/h2-4,6-7H,5,13H2,1H3. The first-order valence-corrected chi connectivity index (χ1v) is 4.99. The molecule has 16 heavy (non-hydrogen) atoms. The third-order valence-electron chi connectivity index (χ3n) is 2.29. The summed E-state index contributed by atoms with van der Waals surface area (Å²) in [6, 6.07) is 4.21. The largest absolute Gasteiger partial charge is 0.326 e. The maximum Gasteiger partial charge on any atom is 0.264 e. The lowest BCUT2D eigenvalue weighted by atomic mass is 10.2. The van der Waals surface area contributed by atoms with Gasteiger partial charge >= 0.3 is 0 Å². The van der Waals surface area contributed by atoms with Crippen LogP contribution in [0.5, 0.6) is 0 Å². The smallest absolute Gasteiger partial charge is 0.264 e. The zero-order chi connectivity index (χ0) is 11.7. The topological polar surface area (TPSA) is 60.9 Å². The van der Waals surface area contributed by atoms with Crippen molar-refractivity contribution in [2.24, 2.45) is 5.73 Å². The fourth-order valence-electron chi connectivity index (χ4n) is 1.60. The monoisotopic (exact) mass is 221 g/mol. The normalized spacial score (nSPS) is 12.9. The summed E-state index contributed by atoms with van der Waals surface area (Å²) in [6.07, 6.45) is 1.40. The van der Waals surface area contributed by atoms with Crippen LogP contribution in [0.15, 0.2) is 29.3 Å². The van der Waals surface area contributed by atoms with Crippen molar-refractivity contribution in [1.82, 2.24) is 9.55 Å². The fourth-order valence-corrected chi connectivity index (χ4v) is 1.60. The fraction of sp³-hybridized carbons (Fsp3) is 0.273. The molecule has 84 valence electrons. The molecule has 0 aliphatic carbocycles. The number of aromatic nitrogens is 2. The Kier molecular flexibility index (Phi) is 2.70. The number of nitrogens with zero attached hydrogens (tertiary/aromatic N) is 2. The lowest BCUT2D eigenvalue weighted by molar-refractivity contribution is 0.566. The number of hydrogen-bond acceptors (Lipinski definition) is 3. The summed E-state index contributed by atoms with van der Waals surface area (Å²) in [4.78, 5) is 15.9. The predicted molar refractivity (Wildman–Crippen MR) is 59.6 cm³/mol. The van der Waals surface area contributed by atoms with Crippen LogP contribution in [0.1, 0.15) is 6.92 Å². The third kappa shape index (κ3) is 1.81. The molecule has 0 saturated heterocycles. The van der Waals surface area contributed by atoms with Crippen LogP contribution >= 0.6 is 0 Å². The van der Waals surface area contributed by atoms with Crippen molar-refractivity contribution >= 4 is 10.9 Å². The molecule has 0 radical (unpaired) electrons. The average molecular weight is 221 g/mol. The number of benzene rings is 1. The van der Waals surface area contributed by atoms with Gasteiger partial charge in [0.1, 0.15) is 11.2 Å². The van der Waals surface area contributed by atoms with Crippen LogP contribution in [0.3, 0.4) is 0 Å². The van der Waals surface area contributed by atoms with Crippen molar-refractivity contribution in [3.63, 3.8) is 0 Å². The van der Waals surface area contributed by atoms with Crippen molar-refractivity contribution in [1.29, 1.82) is 0 Å². The van der Waals surface area contributed by atoms with Crippen LogP contribution in [0, 0.1) is 5.82 Å². The molecule has 0 fully saturated rings. The molecule has 0 bridgehead atoms.